The van der Waals surface area contributed by atoms with E-state index >= 15 is 0 Å². The van der Waals surface area contributed by atoms with E-state index in [9.17, 15) is 9.59 Å². The maximum Gasteiger partial charge on any atom is 0.317 e. The molecule has 1 amide bonds. The van der Waals surface area contributed by atoms with Gasteiger partial charge in [-0.1, -0.05) is 0 Å². The van der Waals surface area contributed by atoms with Gasteiger partial charge in [0.1, 0.15) is 0 Å². The van der Waals surface area contributed by atoms with E-state index in [0.29, 0.717) is 13.2 Å². The summed E-state index contributed by atoms with van der Waals surface area (Å²) in [6.45, 7) is 5.00. The average molecular weight is 286 g/mol. The lowest BCUT2D eigenvalue weighted by Crippen LogP contribution is -2.51. The van der Waals surface area contributed by atoms with Gasteiger partial charge in [-0.25, -0.2) is 0 Å². The number of aliphatic carboxylic acids is 1. The zero-order valence-corrected chi connectivity index (χ0v) is 12.7. The topological polar surface area (TPSA) is 70.1 Å². The van der Waals surface area contributed by atoms with Gasteiger partial charge in [-0.3, -0.25) is 14.5 Å². The molecule has 0 aromatic rings. The number of carboxylic acid groups (broad SMARTS) is 1. The van der Waals surface area contributed by atoms with E-state index in [-0.39, 0.29) is 31.1 Å². The number of methoxy groups -OCH3 is 1. The highest BCUT2D eigenvalue weighted by molar-refractivity contribution is 5.80. The van der Waals surface area contributed by atoms with Gasteiger partial charge >= 0.3 is 5.97 Å². The van der Waals surface area contributed by atoms with Crippen molar-refractivity contribution in [1.29, 1.82) is 0 Å². The van der Waals surface area contributed by atoms with E-state index in [1.807, 2.05) is 4.90 Å². The van der Waals surface area contributed by atoms with E-state index in [0.717, 1.165) is 19.3 Å². The fourth-order valence-electron chi connectivity index (χ4n) is 2.81. The number of rotatable bonds is 7. The first-order valence-electron chi connectivity index (χ1n) is 7.20. The van der Waals surface area contributed by atoms with Crippen molar-refractivity contribution in [2.75, 3.05) is 33.4 Å². The molecule has 20 heavy (non-hydrogen) atoms. The van der Waals surface area contributed by atoms with Crippen LogP contribution >= 0.6 is 0 Å². The summed E-state index contributed by atoms with van der Waals surface area (Å²) in [4.78, 5) is 26.8. The Morgan fingerprint density at radius 2 is 1.85 bits per heavy atom. The van der Waals surface area contributed by atoms with Crippen molar-refractivity contribution in [3.8, 4) is 0 Å². The Labute approximate surface area is 120 Å². The minimum atomic E-state index is -0.923. The van der Waals surface area contributed by atoms with Crippen molar-refractivity contribution in [2.45, 2.75) is 45.2 Å². The third-order valence-electron chi connectivity index (χ3n) is 3.81. The summed E-state index contributed by atoms with van der Waals surface area (Å²) in [6.07, 6.45) is 3.19. The Kier molecular flexibility index (Phi) is 6.95. The van der Waals surface area contributed by atoms with Gasteiger partial charge in [-0.2, -0.15) is 0 Å². The van der Waals surface area contributed by atoms with Gasteiger partial charge in [0.25, 0.3) is 0 Å². The molecule has 0 radical (unpaired) electrons. The van der Waals surface area contributed by atoms with Crippen LogP contribution in [-0.4, -0.2) is 72.2 Å². The maximum atomic E-state index is 12.4. The molecule has 1 rings (SSSR count). The summed E-state index contributed by atoms with van der Waals surface area (Å²) in [7, 11) is 1.57. The lowest BCUT2D eigenvalue weighted by atomic mass is 9.97. The van der Waals surface area contributed by atoms with Crippen LogP contribution in [0.15, 0.2) is 0 Å². The van der Waals surface area contributed by atoms with E-state index in [4.69, 9.17) is 9.84 Å². The molecular formula is C14H26N2O4. The van der Waals surface area contributed by atoms with Gasteiger partial charge in [0.15, 0.2) is 0 Å². The lowest BCUT2D eigenvalue weighted by Gasteiger charge is -2.40. The molecule has 1 heterocycles. The summed E-state index contributed by atoms with van der Waals surface area (Å²) < 4.78 is 4.96. The number of carboxylic acids is 1. The van der Waals surface area contributed by atoms with Crippen LogP contribution in [0.25, 0.3) is 0 Å². The molecule has 6 nitrogen and oxygen atoms in total. The van der Waals surface area contributed by atoms with Gasteiger partial charge in [0.05, 0.1) is 19.7 Å². The van der Waals surface area contributed by atoms with E-state index in [1.54, 1.807) is 12.0 Å². The Morgan fingerprint density at radius 3 is 2.35 bits per heavy atom. The lowest BCUT2D eigenvalue weighted by molar-refractivity contribution is -0.142. The molecule has 1 N–H and O–H groups in total. The average Bonchev–Trinajstić information content (AvgIpc) is 2.35. The van der Waals surface area contributed by atoms with E-state index < -0.39 is 5.97 Å². The first kappa shape index (κ1) is 16.9. The summed E-state index contributed by atoms with van der Waals surface area (Å²) >= 11 is 0. The normalized spacial score (nSPS) is 23.1. The van der Waals surface area contributed by atoms with Crippen LogP contribution in [-0.2, 0) is 14.3 Å². The van der Waals surface area contributed by atoms with E-state index in [2.05, 4.69) is 13.8 Å². The monoisotopic (exact) mass is 286 g/mol. The molecule has 2 unspecified atom stereocenters. The number of hydrogen-bond donors (Lipinski definition) is 1. The quantitative estimate of drug-likeness (QED) is 0.750. The largest absolute Gasteiger partial charge is 0.480 e. The number of amides is 1. The molecular weight excluding hydrogens is 260 g/mol. The predicted molar refractivity (Wildman–Crippen MR) is 75.6 cm³/mol. The highest BCUT2D eigenvalue weighted by Gasteiger charge is 2.29. The minimum absolute atomic E-state index is 0.0158. The minimum Gasteiger partial charge on any atom is -0.480 e. The Hall–Kier alpha value is -1.14. The molecule has 1 fully saturated rings. The van der Waals surface area contributed by atoms with Gasteiger partial charge < -0.3 is 14.7 Å². The first-order valence-corrected chi connectivity index (χ1v) is 7.20. The number of ether oxygens (including phenoxy) is 1. The molecule has 0 bridgehead atoms. The molecule has 0 spiro atoms. The fourth-order valence-corrected chi connectivity index (χ4v) is 2.81. The summed E-state index contributed by atoms with van der Waals surface area (Å²) in [5.74, 6) is -0.907. The fraction of sp³-hybridized carbons (Fsp3) is 0.857. The zero-order valence-electron chi connectivity index (χ0n) is 12.7. The van der Waals surface area contributed by atoms with Crippen LogP contribution in [0.3, 0.4) is 0 Å². The second-order valence-corrected chi connectivity index (χ2v) is 5.53. The van der Waals surface area contributed by atoms with Crippen molar-refractivity contribution in [3.05, 3.63) is 0 Å². The van der Waals surface area contributed by atoms with Crippen LogP contribution in [0, 0.1) is 0 Å². The number of nitrogens with zero attached hydrogens (tertiary/aromatic N) is 2. The number of carbonyl (C=O) groups is 2. The maximum absolute atomic E-state index is 12.4. The van der Waals surface area contributed by atoms with Gasteiger partial charge in [0.2, 0.25) is 5.91 Å². The van der Waals surface area contributed by atoms with Crippen LogP contribution in [0.1, 0.15) is 33.1 Å². The van der Waals surface area contributed by atoms with Crippen molar-refractivity contribution in [1.82, 2.24) is 9.80 Å². The second kappa shape index (κ2) is 8.21. The predicted octanol–water partition coefficient (Wildman–Crippen LogP) is 0.809. The Balaban J connectivity index is 2.60. The number of piperidine rings is 1. The molecule has 0 aliphatic carbocycles. The highest BCUT2D eigenvalue weighted by atomic mass is 16.5. The van der Waals surface area contributed by atoms with Crippen LogP contribution in [0.5, 0.6) is 0 Å². The third-order valence-corrected chi connectivity index (χ3v) is 3.81. The number of carbonyl (C=O) groups excluding carboxylic acids is 1. The van der Waals surface area contributed by atoms with Crippen molar-refractivity contribution in [2.24, 2.45) is 0 Å². The standard InChI is InChI=1S/C14H26N2O4/c1-11-5-4-6-12(2)16(11)13(17)9-15(7-8-20-3)10-14(18)19/h11-12H,4-10H2,1-3H3,(H,18,19). The first-order chi connectivity index (χ1) is 9.45. The summed E-state index contributed by atoms with van der Waals surface area (Å²) in [6, 6.07) is 0.473. The smallest absolute Gasteiger partial charge is 0.317 e. The summed E-state index contributed by atoms with van der Waals surface area (Å²) in [5.41, 5.74) is 0. The van der Waals surface area contributed by atoms with Crippen molar-refractivity contribution in [3.63, 3.8) is 0 Å². The zero-order chi connectivity index (χ0) is 15.1. The molecule has 1 aliphatic heterocycles. The van der Waals surface area contributed by atoms with Crippen LogP contribution in [0.2, 0.25) is 0 Å². The molecule has 116 valence electrons. The Bertz CT molecular complexity index is 325. The molecule has 0 aromatic carbocycles. The van der Waals surface area contributed by atoms with Gasteiger partial charge in [0, 0.05) is 25.7 Å². The molecule has 2 atom stereocenters. The number of likely N-dealkylation sites (tertiary alicyclic amines) is 1. The third kappa shape index (κ3) is 5.09. The van der Waals surface area contributed by atoms with Crippen molar-refractivity contribution < 1.29 is 19.4 Å². The van der Waals surface area contributed by atoms with Gasteiger partial charge in [-0.05, 0) is 33.1 Å². The van der Waals surface area contributed by atoms with Crippen LogP contribution in [0.4, 0.5) is 0 Å². The number of hydrogen-bond acceptors (Lipinski definition) is 4. The molecule has 6 heteroatoms. The van der Waals surface area contributed by atoms with Crippen LogP contribution < -0.4 is 0 Å². The summed E-state index contributed by atoms with van der Waals surface area (Å²) in [5, 5.41) is 8.90. The molecule has 1 saturated heterocycles. The highest BCUT2D eigenvalue weighted by Crippen LogP contribution is 2.22. The van der Waals surface area contributed by atoms with Crippen molar-refractivity contribution >= 4 is 11.9 Å². The molecule has 0 saturated carbocycles. The van der Waals surface area contributed by atoms with Gasteiger partial charge in [-0.15, -0.1) is 0 Å². The second-order valence-electron chi connectivity index (χ2n) is 5.53. The molecule has 0 aromatic heterocycles. The van der Waals surface area contributed by atoms with E-state index in [1.165, 1.54) is 0 Å². The SMILES string of the molecule is COCCN(CC(=O)O)CC(=O)N1C(C)CCCC1C. The molecule has 1 aliphatic rings. The Morgan fingerprint density at radius 1 is 1.25 bits per heavy atom.